The highest BCUT2D eigenvalue weighted by Gasteiger charge is 2.42. The number of carbonyl (C=O) groups excluding carboxylic acids is 2. The van der Waals surface area contributed by atoms with Crippen LogP contribution in [0, 0.1) is 12.8 Å². The van der Waals surface area contributed by atoms with Gasteiger partial charge in [0, 0.05) is 66.4 Å². The zero-order valence-corrected chi connectivity index (χ0v) is 19.6. The van der Waals surface area contributed by atoms with Crippen LogP contribution in [0.25, 0.3) is 22.0 Å². The van der Waals surface area contributed by atoms with Crippen LogP contribution in [0.2, 0.25) is 0 Å². The van der Waals surface area contributed by atoms with Crippen molar-refractivity contribution in [3.8, 4) is 11.1 Å². The van der Waals surface area contributed by atoms with Gasteiger partial charge >= 0.3 is 5.97 Å². The van der Waals surface area contributed by atoms with E-state index in [9.17, 15) is 9.59 Å². The van der Waals surface area contributed by atoms with Crippen molar-refractivity contribution in [3.05, 3.63) is 54.0 Å². The molecule has 2 unspecified atom stereocenters. The molecule has 172 valence electrons. The van der Waals surface area contributed by atoms with E-state index >= 15 is 0 Å². The predicted molar refractivity (Wildman–Crippen MR) is 128 cm³/mol. The molecule has 1 aromatic carbocycles. The Bertz CT molecular complexity index is 1200. The topological polar surface area (TPSA) is 75.3 Å². The Morgan fingerprint density at radius 1 is 1.24 bits per heavy atom. The summed E-state index contributed by atoms with van der Waals surface area (Å²) in [5.74, 6) is -0.313. The SMILES string of the molecule is Cc1ccc2[nH]c(C3CCCN(C(=O)CC4CC(C)(C)OC4=O)C3)c(-c3ccncc3)c2c1. The Labute approximate surface area is 194 Å². The number of ether oxygens (including phenoxy) is 1. The number of amides is 1. The van der Waals surface area contributed by atoms with Crippen LogP contribution in [-0.4, -0.2) is 45.4 Å². The highest BCUT2D eigenvalue weighted by molar-refractivity contribution is 5.98. The van der Waals surface area contributed by atoms with E-state index in [4.69, 9.17) is 4.74 Å². The van der Waals surface area contributed by atoms with Crippen molar-refractivity contribution in [1.29, 1.82) is 0 Å². The fourth-order valence-corrected chi connectivity index (χ4v) is 5.47. The normalized spacial score (nSPS) is 22.5. The number of aromatic amines is 1. The smallest absolute Gasteiger partial charge is 0.310 e. The summed E-state index contributed by atoms with van der Waals surface area (Å²) in [6, 6.07) is 10.6. The van der Waals surface area contributed by atoms with Crippen LogP contribution in [0.15, 0.2) is 42.7 Å². The highest BCUT2D eigenvalue weighted by Crippen LogP contribution is 2.40. The largest absolute Gasteiger partial charge is 0.459 e. The van der Waals surface area contributed by atoms with E-state index in [0.29, 0.717) is 13.0 Å². The second-order valence-corrected chi connectivity index (χ2v) is 10.2. The molecule has 0 radical (unpaired) electrons. The Hall–Kier alpha value is -3.15. The van der Waals surface area contributed by atoms with Gasteiger partial charge in [0.05, 0.1) is 5.92 Å². The molecule has 1 N–H and O–H groups in total. The molecular weight excluding hydrogens is 414 g/mol. The van der Waals surface area contributed by atoms with Gasteiger partial charge in [-0.1, -0.05) is 11.6 Å². The van der Waals surface area contributed by atoms with E-state index in [0.717, 1.165) is 30.5 Å². The van der Waals surface area contributed by atoms with Crippen molar-refractivity contribution in [1.82, 2.24) is 14.9 Å². The van der Waals surface area contributed by atoms with Crippen molar-refractivity contribution < 1.29 is 14.3 Å². The molecule has 6 heteroatoms. The molecule has 5 rings (SSSR count). The zero-order chi connectivity index (χ0) is 23.2. The molecule has 0 aliphatic carbocycles. The van der Waals surface area contributed by atoms with Crippen molar-refractivity contribution in [2.24, 2.45) is 5.92 Å². The predicted octanol–water partition coefficient (Wildman–Crippen LogP) is 4.98. The van der Waals surface area contributed by atoms with Gasteiger partial charge in [0.1, 0.15) is 5.60 Å². The van der Waals surface area contributed by atoms with Gasteiger partial charge < -0.3 is 14.6 Å². The summed E-state index contributed by atoms with van der Waals surface area (Å²) < 4.78 is 5.43. The van der Waals surface area contributed by atoms with Crippen LogP contribution >= 0.6 is 0 Å². The minimum atomic E-state index is -0.478. The number of carbonyl (C=O) groups is 2. The first-order valence-corrected chi connectivity index (χ1v) is 11.8. The van der Waals surface area contributed by atoms with E-state index in [1.807, 2.05) is 43.3 Å². The maximum Gasteiger partial charge on any atom is 0.310 e. The van der Waals surface area contributed by atoms with Gasteiger partial charge in [-0.25, -0.2) is 0 Å². The van der Waals surface area contributed by atoms with E-state index < -0.39 is 5.60 Å². The van der Waals surface area contributed by atoms with Gasteiger partial charge in [0.15, 0.2) is 0 Å². The number of rotatable bonds is 4. The summed E-state index contributed by atoms with van der Waals surface area (Å²) in [5.41, 5.74) is 5.37. The summed E-state index contributed by atoms with van der Waals surface area (Å²) in [6.45, 7) is 7.33. The van der Waals surface area contributed by atoms with Crippen molar-refractivity contribution in [2.45, 2.75) is 58.0 Å². The molecule has 33 heavy (non-hydrogen) atoms. The molecule has 2 saturated heterocycles. The average Bonchev–Trinajstić information content (AvgIpc) is 3.29. The Morgan fingerprint density at radius 3 is 2.76 bits per heavy atom. The number of H-pyrrole nitrogens is 1. The number of aryl methyl sites for hydroxylation is 1. The molecule has 2 aromatic heterocycles. The minimum Gasteiger partial charge on any atom is -0.459 e. The monoisotopic (exact) mass is 445 g/mol. The highest BCUT2D eigenvalue weighted by atomic mass is 16.6. The zero-order valence-electron chi connectivity index (χ0n) is 19.6. The number of aromatic nitrogens is 2. The molecule has 3 aromatic rings. The number of esters is 1. The molecule has 0 bridgehead atoms. The maximum absolute atomic E-state index is 13.2. The lowest BCUT2D eigenvalue weighted by molar-refractivity contribution is -0.150. The first-order chi connectivity index (χ1) is 15.8. The van der Waals surface area contributed by atoms with Crippen molar-refractivity contribution in [2.75, 3.05) is 13.1 Å². The third-order valence-corrected chi connectivity index (χ3v) is 7.00. The molecule has 6 nitrogen and oxygen atoms in total. The first-order valence-electron chi connectivity index (χ1n) is 11.8. The lowest BCUT2D eigenvalue weighted by Gasteiger charge is -2.33. The third kappa shape index (κ3) is 4.26. The number of piperidine rings is 1. The number of hydrogen-bond acceptors (Lipinski definition) is 4. The molecule has 0 spiro atoms. The number of fused-ring (bicyclic) bond motifs is 1. The third-order valence-electron chi connectivity index (χ3n) is 7.00. The second-order valence-electron chi connectivity index (χ2n) is 10.2. The number of nitrogens with zero attached hydrogens (tertiary/aromatic N) is 2. The van der Waals surface area contributed by atoms with Gasteiger partial charge in [0.2, 0.25) is 5.91 Å². The lowest BCUT2D eigenvalue weighted by atomic mass is 9.89. The van der Waals surface area contributed by atoms with Crippen LogP contribution in [0.1, 0.15) is 56.7 Å². The van der Waals surface area contributed by atoms with E-state index in [1.165, 1.54) is 22.2 Å². The van der Waals surface area contributed by atoms with Crippen LogP contribution in [0.5, 0.6) is 0 Å². The van der Waals surface area contributed by atoms with Gasteiger partial charge in [-0.05, 0) is 63.4 Å². The maximum atomic E-state index is 13.2. The van der Waals surface area contributed by atoms with Gasteiger partial charge in [-0.3, -0.25) is 14.6 Å². The number of benzene rings is 1. The summed E-state index contributed by atoms with van der Waals surface area (Å²) in [4.78, 5) is 35.2. The number of nitrogens with one attached hydrogen (secondary N) is 1. The fraction of sp³-hybridized carbons (Fsp3) is 0.444. The molecule has 1 amide bonds. The second kappa shape index (κ2) is 8.32. The lowest BCUT2D eigenvalue weighted by Crippen LogP contribution is -2.40. The van der Waals surface area contributed by atoms with E-state index in [2.05, 4.69) is 35.1 Å². The molecule has 0 saturated carbocycles. The molecule has 4 heterocycles. The molecule has 2 aliphatic rings. The van der Waals surface area contributed by atoms with Crippen molar-refractivity contribution in [3.63, 3.8) is 0 Å². The van der Waals surface area contributed by atoms with Crippen molar-refractivity contribution >= 4 is 22.8 Å². The number of pyridine rings is 1. The molecule has 2 aliphatic heterocycles. The van der Waals surface area contributed by atoms with Crippen LogP contribution < -0.4 is 0 Å². The molecule has 2 atom stereocenters. The standard InChI is InChI=1S/C27H31N3O3/c1-17-6-7-22-21(13-17)24(18-8-10-28-11-9-18)25(29-22)19-5-4-12-30(16-19)23(31)14-20-15-27(2,3)33-26(20)32/h6-11,13,19-20,29H,4-5,12,14-16H2,1-3H3. The summed E-state index contributed by atoms with van der Waals surface area (Å²) in [5, 5.41) is 1.20. The van der Waals surface area contributed by atoms with Gasteiger partial charge in [-0.2, -0.15) is 0 Å². The average molecular weight is 446 g/mol. The van der Waals surface area contributed by atoms with Crippen LogP contribution in [0.3, 0.4) is 0 Å². The fourth-order valence-electron chi connectivity index (χ4n) is 5.47. The van der Waals surface area contributed by atoms with E-state index in [-0.39, 0.29) is 30.1 Å². The summed E-state index contributed by atoms with van der Waals surface area (Å²) >= 11 is 0. The van der Waals surface area contributed by atoms with Gasteiger partial charge in [-0.15, -0.1) is 0 Å². The number of cyclic esters (lactones) is 1. The molecule has 2 fully saturated rings. The Balaban J connectivity index is 1.42. The summed E-state index contributed by atoms with van der Waals surface area (Å²) in [7, 11) is 0. The quantitative estimate of drug-likeness (QED) is 0.575. The van der Waals surface area contributed by atoms with Crippen LogP contribution in [-0.2, 0) is 14.3 Å². The first kappa shape index (κ1) is 21.7. The Morgan fingerprint density at radius 2 is 2.03 bits per heavy atom. The van der Waals surface area contributed by atoms with Gasteiger partial charge in [0.25, 0.3) is 0 Å². The Kier molecular flexibility index (Phi) is 5.47. The summed E-state index contributed by atoms with van der Waals surface area (Å²) in [6.07, 6.45) is 6.45. The number of likely N-dealkylation sites (tertiary alicyclic amines) is 1. The van der Waals surface area contributed by atoms with Crippen LogP contribution in [0.4, 0.5) is 0 Å². The minimum absolute atomic E-state index is 0.0526. The van der Waals surface area contributed by atoms with E-state index in [1.54, 1.807) is 0 Å². The number of hydrogen-bond donors (Lipinski definition) is 1. The molecular formula is C27H31N3O3.